The summed E-state index contributed by atoms with van der Waals surface area (Å²) in [5.74, 6) is -0.253. The van der Waals surface area contributed by atoms with Crippen molar-refractivity contribution in [2.75, 3.05) is 6.54 Å². The maximum Gasteiger partial charge on any atom is 0.123 e. The molecule has 0 unspecified atom stereocenters. The minimum atomic E-state index is -0.253. The first-order valence-electron chi connectivity index (χ1n) is 5.17. The summed E-state index contributed by atoms with van der Waals surface area (Å²) in [4.78, 5) is 0. The van der Waals surface area contributed by atoms with Gasteiger partial charge in [-0.05, 0) is 30.8 Å². The van der Waals surface area contributed by atoms with E-state index in [9.17, 15) is 4.39 Å². The Hall–Kier alpha value is -1.75. The molecule has 0 amide bonds. The van der Waals surface area contributed by atoms with Crippen LogP contribution < -0.4 is 5.32 Å². The van der Waals surface area contributed by atoms with Gasteiger partial charge in [-0.25, -0.2) is 9.07 Å². The van der Waals surface area contributed by atoms with E-state index in [1.807, 2.05) is 13.1 Å². The van der Waals surface area contributed by atoms with Crippen LogP contribution in [0.3, 0.4) is 0 Å². The fraction of sp³-hybridized carbons (Fsp3) is 0.273. The predicted octanol–water partition coefficient (Wildman–Crippen LogP) is 1.52. The molecule has 5 heteroatoms. The van der Waals surface area contributed by atoms with Crippen molar-refractivity contribution in [3.05, 3.63) is 42.0 Å². The third kappa shape index (κ3) is 2.43. The van der Waals surface area contributed by atoms with E-state index in [0.29, 0.717) is 6.54 Å². The van der Waals surface area contributed by atoms with Crippen LogP contribution in [0.25, 0.3) is 5.69 Å². The summed E-state index contributed by atoms with van der Waals surface area (Å²) in [5.41, 5.74) is 1.67. The van der Waals surface area contributed by atoms with Gasteiger partial charge in [0.2, 0.25) is 0 Å². The van der Waals surface area contributed by atoms with Crippen molar-refractivity contribution in [2.45, 2.75) is 13.5 Å². The first-order chi connectivity index (χ1) is 7.79. The predicted molar refractivity (Wildman–Crippen MR) is 58.7 cm³/mol. The van der Waals surface area contributed by atoms with Gasteiger partial charge in [-0.1, -0.05) is 12.1 Å². The molecule has 1 aromatic heterocycles. The molecule has 0 aliphatic rings. The summed E-state index contributed by atoms with van der Waals surface area (Å²) in [6, 6.07) is 6.14. The molecule has 0 saturated carbocycles. The monoisotopic (exact) mass is 220 g/mol. The lowest BCUT2D eigenvalue weighted by atomic mass is 10.3. The van der Waals surface area contributed by atoms with E-state index in [-0.39, 0.29) is 5.82 Å². The number of nitrogens with zero attached hydrogens (tertiary/aromatic N) is 3. The van der Waals surface area contributed by atoms with Gasteiger partial charge in [-0.15, -0.1) is 5.10 Å². The van der Waals surface area contributed by atoms with Crippen LogP contribution in [-0.4, -0.2) is 21.5 Å². The van der Waals surface area contributed by atoms with Gasteiger partial charge in [-0.2, -0.15) is 0 Å². The van der Waals surface area contributed by atoms with Crippen molar-refractivity contribution in [1.82, 2.24) is 20.3 Å². The van der Waals surface area contributed by atoms with E-state index in [0.717, 1.165) is 17.9 Å². The molecule has 1 N–H and O–H groups in total. The summed E-state index contributed by atoms with van der Waals surface area (Å²) < 4.78 is 14.3. The van der Waals surface area contributed by atoms with E-state index < -0.39 is 0 Å². The molecule has 1 heterocycles. The molecule has 0 spiro atoms. The third-order valence-corrected chi connectivity index (χ3v) is 2.19. The Morgan fingerprint density at radius 1 is 1.31 bits per heavy atom. The lowest BCUT2D eigenvalue weighted by molar-refractivity contribution is 0.626. The molecule has 0 atom stereocenters. The Morgan fingerprint density at radius 3 is 2.75 bits per heavy atom. The molecule has 84 valence electrons. The number of benzene rings is 1. The molecule has 2 rings (SSSR count). The Morgan fingerprint density at radius 2 is 2.06 bits per heavy atom. The Balaban J connectivity index is 2.15. The van der Waals surface area contributed by atoms with Gasteiger partial charge < -0.3 is 5.32 Å². The van der Waals surface area contributed by atoms with Gasteiger partial charge in [0.25, 0.3) is 0 Å². The highest BCUT2D eigenvalue weighted by molar-refractivity contribution is 5.30. The fourth-order valence-corrected chi connectivity index (χ4v) is 1.35. The summed E-state index contributed by atoms with van der Waals surface area (Å²) in [7, 11) is 0. The number of hydrogen-bond acceptors (Lipinski definition) is 3. The standard InChI is InChI=1S/C11H13FN4/c1-2-13-7-10-8-16(15-14-10)11-5-3-9(12)4-6-11/h3-6,8,13H,2,7H2,1H3. The minimum Gasteiger partial charge on any atom is -0.311 e. The van der Waals surface area contributed by atoms with E-state index in [4.69, 9.17) is 0 Å². The zero-order valence-corrected chi connectivity index (χ0v) is 9.02. The van der Waals surface area contributed by atoms with Crippen molar-refractivity contribution in [3.63, 3.8) is 0 Å². The first-order valence-corrected chi connectivity index (χ1v) is 5.17. The van der Waals surface area contributed by atoms with E-state index in [1.54, 1.807) is 16.8 Å². The highest BCUT2D eigenvalue weighted by Crippen LogP contribution is 2.07. The minimum absolute atomic E-state index is 0.253. The van der Waals surface area contributed by atoms with Crippen molar-refractivity contribution < 1.29 is 4.39 Å². The Kier molecular flexibility index (Phi) is 3.26. The summed E-state index contributed by atoms with van der Waals surface area (Å²) in [6.07, 6.45) is 1.83. The number of rotatable bonds is 4. The second kappa shape index (κ2) is 4.85. The highest BCUT2D eigenvalue weighted by atomic mass is 19.1. The van der Waals surface area contributed by atoms with E-state index >= 15 is 0 Å². The van der Waals surface area contributed by atoms with Crippen LogP contribution in [0.4, 0.5) is 4.39 Å². The average Bonchev–Trinajstić information content (AvgIpc) is 2.76. The smallest absolute Gasteiger partial charge is 0.123 e. The van der Waals surface area contributed by atoms with E-state index in [2.05, 4.69) is 15.6 Å². The van der Waals surface area contributed by atoms with Crippen molar-refractivity contribution >= 4 is 0 Å². The lowest BCUT2D eigenvalue weighted by Gasteiger charge is -1.98. The lowest BCUT2D eigenvalue weighted by Crippen LogP contribution is -2.11. The quantitative estimate of drug-likeness (QED) is 0.849. The zero-order valence-electron chi connectivity index (χ0n) is 9.02. The van der Waals surface area contributed by atoms with Gasteiger partial charge in [0, 0.05) is 6.54 Å². The number of halogens is 1. The largest absolute Gasteiger partial charge is 0.311 e. The molecular formula is C11H13FN4. The van der Waals surface area contributed by atoms with Crippen LogP contribution in [0.2, 0.25) is 0 Å². The van der Waals surface area contributed by atoms with Crippen molar-refractivity contribution in [2.24, 2.45) is 0 Å². The SMILES string of the molecule is CCNCc1cn(-c2ccc(F)cc2)nn1. The summed E-state index contributed by atoms with van der Waals surface area (Å²) >= 11 is 0. The second-order valence-electron chi connectivity index (χ2n) is 3.41. The molecule has 0 fully saturated rings. The Labute approximate surface area is 93.1 Å². The highest BCUT2D eigenvalue weighted by Gasteiger charge is 2.02. The molecule has 1 aromatic carbocycles. The van der Waals surface area contributed by atoms with Crippen LogP contribution >= 0.6 is 0 Å². The molecule has 0 bridgehead atoms. The average molecular weight is 220 g/mol. The van der Waals surface area contributed by atoms with Crippen LogP contribution in [-0.2, 0) is 6.54 Å². The van der Waals surface area contributed by atoms with Gasteiger partial charge >= 0.3 is 0 Å². The van der Waals surface area contributed by atoms with Gasteiger partial charge in [-0.3, -0.25) is 0 Å². The van der Waals surface area contributed by atoms with Crippen molar-refractivity contribution in [1.29, 1.82) is 0 Å². The topological polar surface area (TPSA) is 42.7 Å². The second-order valence-corrected chi connectivity index (χ2v) is 3.41. The third-order valence-electron chi connectivity index (χ3n) is 2.19. The maximum atomic E-state index is 12.7. The number of aromatic nitrogens is 3. The Bertz CT molecular complexity index is 449. The molecule has 0 radical (unpaired) electrons. The number of hydrogen-bond donors (Lipinski definition) is 1. The normalized spacial score (nSPS) is 10.6. The fourth-order valence-electron chi connectivity index (χ4n) is 1.35. The zero-order chi connectivity index (χ0) is 11.4. The molecule has 0 saturated heterocycles. The molecule has 2 aromatic rings. The van der Waals surface area contributed by atoms with E-state index in [1.165, 1.54) is 12.1 Å². The summed E-state index contributed by atoms with van der Waals surface area (Å²) in [6.45, 7) is 3.62. The molecule has 0 aliphatic heterocycles. The van der Waals surface area contributed by atoms with Crippen LogP contribution in [0.15, 0.2) is 30.5 Å². The number of nitrogens with one attached hydrogen (secondary N) is 1. The van der Waals surface area contributed by atoms with Crippen LogP contribution in [0.1, 0.15) is 12.6 Å². The maximum absolute atomic E-state index is 12.7. The van der Waals surface area contributed by atoms with Crippen LogP contribution in [0.5, 0.6) is 0 Å². The van der Waals surface area contributed by atoms with Gasteiger partial charge in [0.1, 0.15) is 5.82 Å². The first kappa shape index (κ1) is 10.8. The molecular weight excluding hydrogens is 207 g/mol. The van der Waals surface area contributed by atoms with Crippen LogP contribution in [0, 0.1) is 5.82 Å². The summed E-state index contributed by atoms with van der Waals surface area (Å²) in [5, 5.41) is 11.1. The van der Waals surface area contributed by atoms with Crippen molar-refractivity contribution in [3.8, 4) is 5.69 Å². The molecule has 4 nitrogen and oxygen atoms in total. The van der Waals surface area contributed by atoms with Gasteiger partial charge in [0.05, 0.1) is 17.6 Å². The molecule has 16 heavy (non-hydrogen) atoms. The molecule has 0 aliphatic carbocycles. The van der Waals surface area contributed by atoms with Gasteiger partial charge in [0.15, 0.2) is 0 Å².